The predicted molar refractivity (Wildman–Crippen MR) is 176 cm³/mol. The van der Waals surface area contributed by atoms with Gasteiger partial charge in [-0.3, -0.25) is 14.5 Å². The fourth-order valence-corrected chi connectivity index (χ4v) is 6.70. The molecule has 2 aliphatic heterocycles. The second-order valence-corrected chi connectivity index (χ2v) is 12.1. The Kier molecular flexibility index (Phi) is 9.59. The molecule has 1 fully saturated rings. The summed E-state index contributed by atoms with van der Waals surface area (Å²) >= 11 is 1.52. The van der Waals surface area contributed by atoms with Gasteiger partial charge in [-0.2, -0.15) is 0 Å². The van der Waals surface area contributed by atoms with Crippen molar-refractivity contribution in [2.75, 3.05) is 12.9 Å². The first-order chi connectivity index (χ1) is 22.5. The Morgan fingerprint density at radius 3 is 2.30 bits per heavy atom. The van der Waals surface area contributed by atoms with E-state index in [1.165, 1.54) is 16.7 Å². The third kappa shape index (κ3) is 7.21. The molecule has 232 valence electrons. The van der Waals surface area contributed by atoms with Gasteiger partial charge in [-0.1, -0.05) is 84.9 Å². The highest BCUT2D eigenvalue weighted by Crippen LogP contribution is 2.41. The first kappa shape index (κ1) is 30.9. The van der Waals surface area contributed by atoms with Crippen LogP contribution in [0.15, 0.2) is 127 Å². The Labute approximate surface area is 272 Å². The number of methoxy groups -OCH3 is 1. The van der Waals surface area contributed by atoms with E-state index in [-0.39, 0.29) is 30.5 Å². The van der Waals surface area contributed by atoms with Crippen LogP contribution in [0.5, 0.6) is 5.75 Å². The van der Waals surface area contributed by atoms with Gasteiger partial charge in [-0.25, -0.2) is 9.36 Å². The van der Waals surface area contributed by atoms with Crippen LogP contribution in [0.1, 0.15) is 22.3 Å². The first-order valence-electron chi connectivity index (χ1n) is 15.0. The number of pyridine rings is 1. The van der Waals surface area contributed by atoms with Crippen molar-refractivity contribution >= 4 is 35.6 Å². The van der Waals surface area contributed by atoms with E-state index in [2.05, 4.69) is 22.0 Å². The molecule has 4 aromatic rings. The fourth-order valence-electron chi connectivity index (χ4n) is 5.39. The number of carbonyl (C=O) groups is 3. The number of hydrogen-bond donors (Lipinski definition) is 1. The van der Waals surface area contributed by atoms with Gasteiger partial charge >= 0.3 is 5.97 Å². The molecule has 0 saturated carbocycles. The minimum atomic E-state index is -0.717. The minimum Gasteiger partial charge on any atom is -0.497 e. The summed E-state index contributed by atoms with van der Waals surface area (Å²) < 4.78 is 13.1. The Morgan fingerprint density at radius 2 is 1.59 bits per heavy atom. The molecule has 3 aromatic carbocycles. The fraction of sp³-hybridized carbons (Fsp3) is 0.189. The van der Waals surface area contributed by atoms with Crippen molar-refractivity contribution in [3.63, 3.8) is 0 Å². The zero-order chi connectivity index (χ0) is 31.9. The number of carbonyl (C=O) groups excluding carboxylic acids is 3. The standard InChI is InChI=1S/C37H33N3O5S/c1-44-31-18-15-29(16-19-31)24-45-37(43)34-30(17-14-26-10-12-28(13-11-26)23-39-20-6-3-7-21-39)25-46-36-33(35(42)40(34)36)38-32(41)22-27-8-4-2-5-9-27/h2-21,33,36H,22-25H2,1H3/p+1. The summed E-state index contributed by atoms with van der Waals surface area (Å²) in [5, 5.41) is 2.48. The molecular formula is C37H34N3O5S+. The van der Waals surface area contributed by atoms with E-state index in [1.807, 2.05) is 97.3 Å². The summed E-state index contributed by atoms with van der Waals surface area (Å²) in [6.07, 6.45) is 8.05. The van der Waals surface area contributed by atoms with Gasteiger partial charge in [0.05, 0.1) is 13.5 Å². The number of β-lactam (4-membered cyclic amide) rings is 1. The number of ether oxygens (including phenoxy) is 2. The van der Waals surface area contributed by atoms with Crippen molar-refractivity contribution in [1.82, 2.24) is 10.2 Å². The summed E-state index contributed by atoms with van der Waals surface area (Å²) in [6, 6.07) is 30.1. The quantitative estimate of drug-likeness (QED) is 0.147. The van der Waals surface area contributed by atoms with Crippen molar-refractivity contribution in [2.24, 2.45) is 0 Å². The topological polar surface area (TPSA) is 88.8 Å². The molecule has 3 heterocycles. The number of nitrogens with zero attached hydrogens (tertiary/aromatic N) is 2. The molecule has 8 nitrogen and oxygen atoms in total. The lowest BCUT2D eigenvalue weighted by Crippen LogP contribution is -2.70. The van der Waals surface area contributed by atoms with Gasteiger partial charge in [0.25, 0.3) is 5.91 Å². The van der Waals surface area contributed by atoms with Crippen LogP contribution in [-0.4, -0.2) is 47.0 Å². The van der Waals surface area contributed by atoms with Crippen LogP contribution in [0.2, 0.25) is 0 Å². The van der Waals surface area contributed by atoms with Gasteiger partial charge < -0.3 is 14.8 Å². The molecule has 2 aliphatic rings. The van der Waals surface area contributed by atoms with Crippen molar-refractivity contribution in [3.05, 3.63) is 149 Å². The number of rotatable bonds is 11. The van der Waals surface area contributed by atoms with Crippen LogP contribution in [0.25, 0.3) is 6.08 Å². The average Bonchev–Trinajstić information content (AvgIpc) is 3.10. The number of benzene rings is 3. The molecule has 9 heteroatoms. The average molecular weight is 633 g/mol. The van der Waals surface area contributed by atoms with E-state index in [4.69, 9.17) is 9.47 Å². The van der Waals surface area contributed by atoms with Gasteiger partial charge in [0.2, 0.25) is 5.91 Å². The van der Waals surface area contributed by atoms with Gasteiger partial charge in [-0.05, 0) is 34.4 Å². The number of nitrogens with one attached hydrogen (secondary N) is 1. The van der Waals surface area contributed by atoms with Crippen molar-refractivity contribution < 1.29 is 28.4 Å². The number of esters is 1. The number of thioether (sulfide) groups is 1. The highest BCUT2D eigenvalue weighted by Gasteiger charge is 2.54. The molecule has 1 N–H and O–H groups in total. The summed E-state index contributed by atoms with van der Waals surface area (Å²) in [4.78, 5) is 41.3. The maximum atomic E-state index is 13.6. The van der Waals surface area contributed by atoms with Crippen molar-refractivity contribution in [1.29, 1.82) is 0 Å². The van der Waals surface area contributed by atoms with Crippen molar-refractivity contribution in [2.45, 2.75) is 31.0 Å². The van der Waals surface area contributed by atoms with Crippen LogP contribution in [-0.2, 0) is 38.7 Å². The van der Waals surface area contributed by atoms with Crippen LogP contribution in [0.4, 0.5) is 0 Å². The molecule has 2 amide bonds. The summed E-state index contributed by atoms with van der Waals surface area (Å²) in [5.74, 6) is 0.0288. The highest BCUT2D eigenvalue weighted by atomic mass is 32.2. The van der Waals surface area contributed by atoms with Crippen molar-refractivity contribution in [3.8, 4) is 5.75 Å². The number of fused-ring (bicyclic) bond motifs is 1. The maximum Gasteiger partial charge on any atom is 0.355 e. The van der Waals surface area contributed by atoms with E-state index >= 15 is 0 Å². The zero-order valence-corrected chi connectivity index (χ0v) is 26.2. The second-order valence-electron chi connectivity index (χ2n) is 11.0. The van der Waals surface area contributed by atoms with Gasteiger partial charge in [0.15, 0.2) is 18.9 Å². The maximum absolute atomic E-state index is 13.6. The SMILES string of the molecule is COc1ccc(COC(=O)C2=C(C=Cc3ccc(C[n+]4ccccc4)cc3)CSC3C(NC(=O)Cc4ccccc4)C(=O)N23)cc1. The molecule has 1 saturated heterocycles. The van der Waals surface area contributed by atoms with Crippen LogP contribution < -0.4 is 14.6 Å². The zero-order valence-electron chi connectivity index (χ0n) is 25.4. The predicted octanol–water partition coefficient (Wildman–Crippen LogP) is 4.68. The van der Waals surface area contributed by atoms with Crippen LogP contribution >= 0.6 is 11.8 Å². The Hall–Kier alpha value is -5.15. The number of amides is 2. The molecule has 2 unspecified atom stereocenters. The van der Waals surface area contributed by atoms with Gasteiger partial charge in [0, 0.05) is 23.4 Å². The lowest BCUT2D eigenvalue weighted by atomic mass is 10.0. The summed E-state index contributed by atoms with van der Waals surface area (Å²) in [6.45, 7) is 0.805. The molecule has 46 heavy (non-hydrogen) atoms. The third-order valence-electron chi connectivity index (χ3n) is 7.84. The molecular weight excluding hydrogens is 598 g/mol. The van der Waals surface area contributed by atoms with E-state index in [9.17, 15) is 14.4 Å². The molecule has 0 spiro atoms. The smallest absolute Gasteiger partial charge is 0.355 e. The molecule has 0 bridgehead atoms. The molecule has 0 radical (unpaired) electrons. The van der Waals surface area contributed by atoms with Gasteiger partial charge in [0.1, 0.15) is 29.5 Å². The normalized spacial score (nSPS) is 17.3. The van der Waals surface area contributed by atoms with E-state index < -0.39 is 17.4 Å². The molecule has 6 rings (SSSR count). The molecule has 2 atom stereocenters. The number of allylic oxidation sites excluding steroid dienone is 1. The van der Waals surface area contributed by atoms with E-state index in [1.54, 1.807) is 19.2 Å². The van der Waals surface area contributed by atoms with Crippen LogP contribution in [0.3, 0.4) is 0 Å². The first-order valence-corrected chi connectivity index (χ1v) is 16.1. The highest BCUT2D eigenvalue weighted by molar-refractivity contribution is 8.00. The summed E-state index contributed by atoms with van der Waals surface area (Å²) in [7, 11) is 1.59. The largest absolute Gasteiger partial charge is 0.497 e. The van der Waals surface area contributed by atoms with Gasteiger partial charge in [-0.15, -0.1) is 11.8 Å². The lowest BCUT2D eigenvalue weighted by molar-refractivity contribution is -0.688. The number of hydrogen-bond acceptors (Lipinski definition) is 6. The lowest BCUT2D eigenvalue weighted by Gasteiger charge is -2.49. The monoisotopic (exact) mass is 632 g/mol. The van der Waals surface area contributed by atoms with E-state index in [0.29, 0.717) is 17.1 Å². The molecule has 1 aromatic heterocycles. The number of aromatic nitrogens is 1. The van der Waals surface area contributed by atoms with E-state index in [0.717, 1.165) is 28.8 Å². The Balaban J connectivity index is 1.19. The Bertz CT molecular complexity index is 1760. The van der Waals surface area contributed by atoms with Crippen LogP contribution in [0, 0.1) is 0 Å². The Morgan fingerprint density at radius 1 is 0.891 bits per heavy atom. The molecule has 0 aliphatic carbocycles. The minimum absolute atomic E-state index is 0.0429. The third-order valence-corrected chi connectivity index (χ3v) is 9.15. The summed E-state index contributed by atoms with van der Waals surface area (Å²) in [5.41, 5.74) is 4.69. The second kappa shape index (κ2) is 14.3.